The van der Waals surface area contributed by atoms with E-state index in [1.54, 1.807) is 33.2 Å². The summed E-state index contributed by atoms with van der Waals surface area (Å²) >= 11 is 0. The molecule has 0 saturated carbocycles. The Labute approximate surface area is 197 Å². The van der Waals surface area contributed by atoms with Gasteiger partial charge in [0.1, 0.15) is 11.8 Å². The number of benzene rings is 2. The Morgan fingerprint density at radius 1 is 0.939 bits per heavy atom. The molecule has 0 aromatic heterocycles. The molecule has 0 heterocycles. The molecule has 33 heavy (non-hydrogen) atoms. The Morgan fingerprint density at radius 2 is 1.67 bits per heavy atom. The lowest BCUT2D eigenvalue weighted by Crippen LogP contribution is -2.49. The number of rotatable bonds is 12. The molecule has 7 heteroatoms. The molecular weight excluding hydrogens is 420 g/mol. The second-order valence-electron chi connectivity index (χ2n) is 8.06. The van der Waals surface area contributed by atoms with Crippen LogP contribution in [0.1, 0.15) is 44.7 Å². The molecule has 0 aliphatic carbocycles. The van der Waals surface area contributed by atoms with E-state index in [9.17, 15) is 9.59 Å². The number of methoxy groups -OCH3 is 3. The van der Waals surface area contributed by atoms with Gasteiger partial charge >= 0.3 is 0 Å². The summed E-state index contributed by atoms with van der Waals surface area (Å²) in [4.78, 5) is 27.8. The molecule has 0 aliphatic heterocycles. The molecule has 1 N–H and O–H groups in total. The van der Waals surface area contributed by atoms with Gasteiger partial charge in [-0.15, -0.1) is 0 Å². The molecule has 0 saturated heterocycles. The standard InChI is InChI=1S/C26H36N2O5/c1-7-18(2)27-26(30)19(3)28(17-21-9-8-10-22(15-21)31-4)25(29)14-12-20-11-13-23(32-5)24(16-20)33-6/h8-11,13,15-16,18-19H,7,12,14,17H2,1-6H3,(H,27,30)/t18-,19+/m1/s1. The third kappa shape index (κ3) is 7.41. The highest BCUT2D eigenvalue weighted by Gasteiger charge is 2.26. The summed E-state index contributed by atoms with van der Waals surface area (Å²) in [6.45, 7) is 6.05. The summed E-state index contributed by atoms with van der Waals surface area (Å²) < 4.78 is 16.0. The summed E-state index contributed by atoms with van der Waals surface area (Å²) in [5, 5.41) is 2.99. The van der Waals surface area contributed by atoms with Gasteiger partial charge in [0.2, 0.25) is 11.8 Å². The fourth-order valence-corrected chi connectivity index (χ4v) is 3.45. The minimum absolute atomic E-state index is 0.0421. The van der Waals surface area contributed by atoms with E-state index in [1.807, 2.05) is 56.3 Å². The van der Waals surface area contributed by atoms with Crippen molar-refractivity contribution in [2.75, 3.05) is 21.3 Å². The van der Waals surface area contributed by atoms with Gasteiger partial charge in [0.15, 0.2) is 11.5 Å². The highest BCUT2D eigenvalue weighted by molar-refractivity contribution is 5.87. The van der Waals surface area contributed by atoms with Crippen LogP contribution in [0.15, 0.2) is 42.5 Å². The lowest BCUT2D eigenvalue weighted by atomic mass is 10.1. The van der Waals surface area contributed by atoms with Crippen LogP contribution in [-0.2, 0) is 22.6 Å². The first-order chi connectivity index (χ1) is 15.8. The minimum atomic E-state index is -0.608. The number of carbonyl (C=O) groups excluding carboxylic acids is 2. The van der Waals surface area contributed by atoms with Crippen LogP contribution in [0.2, 0.25) is 0 Å². The predicted octanol–water partition coefficient (Wildman–Crippen LogP) is 3.98. The Bertz CT molecular complexity index is 931. The first-order valence-electron chi connectivity index (χ1n) is 11.3. The number of carbonyl (C=O) groups is 2. The number of nitrogens with one attached hydrogen (secondary N) is 1. The molecule has 0 spiro atoms. The Kier molecular flexibility index (Phi) is 10.0. The molecule has 2 rings (SSSR count). The Hall–Kier alpha value is -3.22. The first-order valence-corrected chi connectivity index (χ1v) is 11.3. The van der Waals surface area contributed by atoms with Crippen LogP contribution in [-0.4, -0.2) is 50.1 Å². The van der Waals surface area contributed by atoms with E-state index >= 15 is 0 Å². The molecule has 180 valence electrons. The number of aryl methyl sites for hydroxylation is 1. The van der Waals surface area contributed by atoms with Gasteiger partial charge in [-0.25, -0.2) is 0 Å². The summed E-state index contributed by atoms with van der Waals surface area (Å²) in [6.07, 6.45) is 1.61. The molecule has 0 aliphatic rings. The molecule has 2 amide bonds. The average molecular weight is 457 g/mol. The zero-order valence-corrected chi connectivity index (χ0v) is 20.5. The number of amides is 2. The summed E-state index contributed by atoms with van der Waals surface area (Å²) in [5.74, 6) is 1.72. The molecule has 2 aromatic carbocycles. The van der Waals surface area contributed by atoms with Gasteiger partial charge in [-0.3, -0.25) is 9.59 Å². The second kappa shape index (κ2) is 12.7. The third-order valence-corrected chi connectivity index (χ3v) is 5.73. The summed E-state index contributed by atoms with van der Waals surface area (Å²) in [7, 11) is 4.77. The van der Waals surface area contributed by atoms with Gasteiger partial charge in [-0.05, 0) is 62.1 Å². The third-order valence-electron chi connectivity index (χ3n) is 5.73. The molecule has 0 radical (unpaired) electrons. The SMILES string of the molecule is CC[C@@H](C)NC(=O)[C@H](C)N(Cc1cccc(OC)c1)C(=O)CCc1ccc(OC)c(OC)c1. The van der Waals surface area contributed by atoms with Crippen LogP contribution in [0, 0.1) is 0 Å². The number of hydrogen-bond acceptors (Lipinski definition) is 5. The summed E-state index contributed by atoms with van der Waals surface area (Å²) in [5.41, 5.74) is 1.86. The molecule has 0 bridgehead atoms. The van der Waals surface area contributed by atoms with Gasteiger partial charge in [0, 0.05) is 19.0 Å². The normalized spacial score (nSPS) is 12.4. The van der Waals surface area contributed by atoms with Crippen LogP contribution >= 0.6 is 0 Å². The molecule has 2 atom stereocenters. The van der Waals surface area contributed by atoms with Gasteiger partial charge in [0.25, 0.3) is 0 Å². The van der Waals surface area contributed by atoms with Crippen molar-refractivity contribution in [2.24, 2.45) is 0 Å². The van der Waals surface area contributed by atoms with Gasteiger partial charge in [-0.2, -0.15) is 0 Å². The van der Waals surface area contributed by atoms with Crippen molar-refractivity contribution in [3.63, 3.8) is 0 Å². The van der Waals surface area contributed by atoms with Crippen LogP contribution < -0.4 is 19.5 Å². The van der Waals surface area contributed by atoms with E-state index in [2.05, 4.69) is 5.32 Å². The van der Waals surface area contributed by atoms with Crippen LogP contribution in [0.4, 0.5) is 0 Å². The summed E-state index contributed by atoms with van der Waals surface area (Å²) in [6, 6.07) is 12.6. The smallest absolute Gasteiger partial charge is 0.242 e. The quantitative estimate of drug-likeness (QED) is 0.523. The zero-order chi connectivity index (χ0) is 24.4. The average Bonchev–Trinajstić information content (AvgIpc) is 2.84. The maximum absolute atomic E-state index is 13.3. The van der Waals surface area contributed by atoms with E-state index in [1.165, 1.54) is 0 Å². The number of nitrogens with zero attached hydrogens (tertiary/aromatic N) is 1. The highest BCUT2D eigenvalue weighted by atomic mass is 16.5. The molecule has 0 fully saturated rings. The molecule has 2 aromatic rings. The van der Waals surface area contributed by atoms with Crippen molar-refractivity contribution in [2.45, 2.75) is 58.7 Å². The Balaban J connectivity index is 2.20. The topological polar surface area (TPSA) is 77.1 Å². The largest absolute Gasteiger partial charge is 0.497 e. The molecule has 0 unspecified atom stereocenters. The minimum Gasteiger partial charge on any atom is -0.497 e. The molecule has 7 nitrogen and oxygen atoms in total. The first kappa shape index (κ1) is 26.0. The Morgan fingerprint density at radius 3 is 2.30 bits per heavy atom. The predicted molar refractivity (Wildman–Crippen MR) is 129 cm³/mol. The molecular formula is C26H36N2O5. The number of ether oxygens (including phenoxy) is 3. The van der Waals surface area contributed by atoms with E-state index in [0.717, 1.165) is 17.5 Å². The second-order valence-corrected chi connectivity index (χ2v) is 8.06. The van der Waals surface area contributed by atoms with Gasteiger partial charge in [0.05, 0.1) is 21.3 Å². The maximum atomic E-state index is 13.3. The maximum Gasteiger partial charge on any atom is 0.242 e. The zero-order valence-electron chi connectivity index (χ0n) is 20.5. The lowest BCUT2D eigenvalue weighted by molar-refractivity contribution is -0.140. The fourth-order valence-electron chi connectivity index (χ4n) is 3.45. The van der Waals surface area contributed by atoms with Crippen molar-refractivity contribution >= 4 is 11.8 Å². The van der Waals surface area contributed by atoms with Crippen LogP contribution in [0.5, 0.6) is 17.2 Å². The number of hydrogen-bond donors (Lipinski definition) is 1. The van der Waals surface area contributed by atoms with Crippen LogP contribution in [0.25, 0.3) is 0 Å². The van der Waals surface area contributed by atoms with E-state index in [0.29, 0.717) is 30.2 Å². The lowest BCUT2D eigenvalue weighted by Gasteiger charge is -2.30. The van der Waals surface area contributed by atoms with E-state index in [-0.39, 0.29) is 24.3 Å². The van der Waals surface area contributed by atoms with Crippen LogP contribution in [0.3, 0.4) is 0 Å². The van der Waals surface area contributed by atoms with E-state index in [4.69, 9.17) is 14.2 Å². The van der Waals surface area contributed by atoms with Gasteiger partial charge in [-0.1, -0.05) is 25.1 Å². The van der Waals surface area contributed by atoms with Crippen molar-refractivity contribution in [3.8, 4) is 17.2 Å². The van der Waals surface area contributed by atoms with Crippen molar-refractivity contribution < 1.29 is 23.8 Å². The van der Waals surface area contributed by atoms with Crippen molar-refractivity contribution in [1.29, 1.82) is 0 Å². The van der Waals surface area contributed by atoms with Crippen molar-refractivity contribution in [1.82, 2.24) is 10.2 Å². The highest BCUT2D eigenvalue weighted by Crippen LogP contribution is 2.28. The van der Waals surface area contributed by atoms with Crippen molar-refractivity contribution in [3.05, 3.63) is 53.6 Å². The fraction of sp³-hybridized carbons (Fsp3) is 0.462. The monoisotopic (exact) mass is 456 g/mol. The van der Waals surface area contributed by atoms with Gasteiger partial charge < -0.3 is 24.4 Å². The van der Waals surface area contributed by atoms with E-state index < -0.39 is 6.04 Å².